The summed E-state index contributed by atoms with van der Waals surface area (Å²) in [6.07, 6.45) is 4.96. The van der Waals surface area contributed by atoms with Gasteiger partial charge in [-0.1, -0.05) is 26.0 Å². The Labute approximate surface area is 128 Å². The highest BCUT2D eigenvalue weighted by molar-refractivity contribution is 5.46. The van der Waals surface area contributed by atoms with Crippen molar-refractivity contribution in [2.75, 3.05) is 25.0 Å². The monoisotopic (exact) mass is 292 g/mol. The molecule has 3 atom stereocenters. The maximum Gasteiger partial charge on any atom is 0.146 e. The minimum Gasteiger partial charge on any atom is -0.372 e. The van der Waals surface area contributed by atoms with Gasteiger partial charge >= 0.3 is 0 Å². The van der Waals surface area contributed by atoms with Gasteiger partial charge in [0, 0.05) is 19.6 Å². The lowest BCUT2D eigenvalue weighted by atomic mass is 9.78. The van der Waals surface area contributed by atoms with Crippen LogP contribution in [0.1, 0.15) is 39.5 Å². The SMILES string of the molecule is CCCNC1CCC(C)CC1CN(C)c1ccccc1F. The predicted octanol–water partition coefficient (Wildman–Crippen LogP) is 4.07. The maximum atomic E-state index is 13.9. The highest BCUT2D eigenvalue weighted by atomic mass is 19.1. The van der Waals surface area contributed by atoms with Crippen molar-refractivity contribution in [2.24, 2.45) is 11.8 Å². The first-order chi connectivity index (χ1) is 10.1. The van der Waals surface area contributed by atoms with Crippen LogP contribution in [0.5, 0.6) is 0 Å². The zero-order chi connectivity index (χ0) is 15.2. The van der Waals surface area contributed by atoms with Crippen molar-refractivity contribution >= 4 is 5.69 Å². The molecule has 1 aromatic carbocycles. The van der Waals surface area contributed by atoms with Crippen LogP contribution in [0, 0.1) is 17.7 Å². The predicted molar refractivity (Wildman–Crippen MR) is 88.3 cm³/mol. The molecule has 0 saturated heterocycles. The van der Waals surface area contributed by atoms with Crippen LogP contribution in [-0.4, -0.2) is 26.2 Å². The third-order valence-electron chi connectivity index (χ3n) is 4.67. The van der Waals surface area contributed by atoms with Crippen molar-refractivity contribution in [1.82, 2.24) is 5.32 Å². The Kier molecular flexibility index (Phi) is 6.04. The van der Waals surface area contributed by atoms with E-state index >= 15 is 0 Å². The van der Waals surface area contributed by atoms with Gasteiger partial charge in [-0.25, -0.2) is 4.39 Å². The normalized spacial score (nSPS) is 25.8. The zero-order valence-electron chi connectivity index (χ0n) is 13.6. The summed E-state index contributed by atoms with van der Waals surface area (Å²) in [5.41, 5.74) is 0.713. The molecule has 0 aromatic heterocycles. The number of hydrogen-bond acceptors (Lipinski definition) is 2. The van der Waals surface area contributed by atoms with Gasteiger partial charge in [0.2, 0.25) is 0 Å². The first-order valence-corrected chi connectivity index (χ1v) is 8.30. The summed E-state index contributed by atoms with van der Waals surface area (Å²) >= 11 is 0. The number of rotatable bonds is 6. The Morgan fingerprint density at radius 3 is 2.76 bits per heavy atom. The molecule has 1 aromatic rings. The molecule has 0 heterocycles. The van der Waals surface area contributed by atoms with E-state index in [1.165, 1.54) is 25.7 Å². The highest BCUT2D eigenvalue weighted by Crippen LogP contribution is 2.31. The lowest BCUT2D eigenvalue weighted by Gasteiger charge is -2.38. The van der Waals surface area contributed by atoms with Crippen LogP contribution in [0.4, 0.5) is 10.1 Å². The minimum atomic E-state index is -0.123. The van der Waals surface area contributed by atoms with Crippen LogP contribution in [0.3, 0.4) is 0 Å². The number of anilines is 1. The van der Waals surface area contributed by atoms with Crippen LogP contribution in [0.2, 0.25) is 0 Å². The number of benzene rings is 1. The first kappa shape index (κ1) is 16.3. The smallest absolute Gasteiger partial charge is 0.146 e. The van der Waals surface area contributed by atoms with Crippen molar-refractivity contribution in [2.45, 2.75) is 45.6 Å². The van der Waals surface area contributed by atoms with Gasteiger partial charge in [-0.05, 0) is 56.2 Å². The van der Waals surface area contributed by atoms with E-state index in [1.807, 2.05) is 19.2 Å². The molecule has 1 N–H and O–H groups in total. The molecule has 1 saturated carbocycles. The molecule has 21 heavy (non-hydrogen) atoms. The van der Waals surface area contributed by atoms with Crippen molar-refractivity contribution < 1.29 is 4.39 Å². The van der Waals surface area contributed by atoms with Gasteiger partial charge in [-0.3, -0.25) is 0 Å². The number of nitrogens with one attached hydrogen (secondary N) is 1. The van der Waals surface area contributed by atoms with Gasteiger partial charge < -0.3 is 10.2 Å². The molecule has 0 spiro atoms. The summed E-state index contributed by atoms with van der Waals surface area (Å²) in [7, 11) is 2.01. The van der Waals surface area contributed by atoms with E-state index in [-0.39, 0.29) is 5.82 Å². The molecule has 3 unspecified atom stereocenters. The topological polar surface area (TPSA) is 15.3 Å². The largest absolute Gasteiger partial charge is 0.372 e. The fraction of sp³-hybridized carbons (Fsp3) is 0.667. The second-order valence-electron chi connectivity index (χ2n) is 6.57. The van der Waals surface area contributed by atoms with Gasteiger partial charge in [0.05, 0.1) is 5.69 Å². The third kappa shape index (κ3) is 4.44. The van der Waals surface area contributed by atoms with E-state index in [1.54, 1.807) is 12.1 Å². The molecule has 2 nitrogen and oxygen atoms in total. The van der Waals surface area contributed by atoms with Crippen molar-refractivity contribution in [1.29, 1.82) is 0 Å². The Morgan fingerprint density at radius 1 is 1.29 bits per heavy atom. The summed E-state index contributed by atoms with van der Waals surface area (Å²) in [5.74, 6) is 1.26. The van der Waals surface area contributed by atoms with E-state index in [2.05, 4.69) is 24.1 Å². The molecule has 1 aliphatic rings. The lowest BCUT2D eigenvalue weighted by Crippen LogP contribution is -2.45. The van der Waals surface area contributed by atoms with Gasteiger partial charge in [0.25, 0.3) is 0 Å². The van der Waals surface area contributed by atoms with Gasteiger partial charge in [0.15, 0.2) is 0 Å². The molecule has 0 radical (unpaired) electrons. The highest BCUT2D eigenvalue weighted by Gasteiger charge is 2.29. The molecule has 0 aliphatic heterocycles. The van der Waals surface area contributed by atoms with Crippen LogP contribution in [-0.2, 0) is 0 Å². The third-order valence-corrected chi connectivity index (χ3v) is 4.67. The van der Waals surface area contributed by atoms with Crippen LogP contribution < -0.4 is 10.2 Å². The summed E-state index contributed by atoms with van der Waals surface area (Å²) in [5, 5.41) is 3.69. The quantitative estimate of drug-likeness (QED) is 0.850. The molecular formula is C18H29FN2. The number of para-hydroxylation sites is 1. The lowest BCUT2D eigenvalue weighted by molar-refractivity contribution is 0.217. The Balaban J connectivity index is 2.01. The van der Waals surface area contributed by atoms with E-state index in [4.69, 9.17) is 0 Å². The van der Waals surface area contributed by atoms with Crippen LogP contribution >= 0.6 is 0 Å². The van der Waals surface area contributed by atoms with Gasteiger partial charge in [-0.15, -0.1) is 0 Å². The first-order valence-electron chi connectivity index (χ1n) is 8.30. The summed E-state index contributed by atoms with van der Waals surface area (Å²) < 4.78 is 13.9. The fourth-order valence-electron chi connectivity index (χ4n) is 3.51. The zero-order valence-corrected chi connectivity index (χ0v) is 13.6. The van der Waals surface area contributed by atoms with Crippen LogP contribution in [0.15, 0.2) is 24.3 Å². The molecule has 0 amide bonds. The van der Waals surface area contributed by atoms with E-state index in [9.17, 15) is 4.39 Å². The molecule has 2 rings (SSSR count). The molecule has 3 heteroatoms. The van der Waals surface area contributed by atoms with Crippen molar-refractivity contribution in [3.63, 3.8) is 0 Å². The van der Waals surface area contributed by atoms with Gasteiger partial charge in [0.1, 0.15) is 5.82 Å². The number of hydrogen-bond donors (Lipinski definition) is 1. The number of halogens is 1. The average Bonchev–Trinajstić information content (AvgIpc) is 2.47. The molecule has 118 valence electrons. The Morgan fingerprint density at radius 2 is 2.05 bits per heavy atom. The maximum absolute atomic E-state index is 13.9. The average molecular weight is 292 g/mol. The second-order valence-corrected chi connectivity index (χ2v) is 6.57. The molecule has 1 fully saturated rings. The Hall–Kier alpha value is -1.09. The van der Waals surface area contributed by atoms with E-state index < -0.39 is 0 Å². The molecule has 0 bridgehead atoms. The minimum absolute atomic E-state index is 0.123. The second kappa shape index (κ2) is 7.79. The Bertz CT molecular complexity index is 433. The van der Waals surface area contributed by atoms with Crippen LogP contribution in [0.25, 0.3) is 0 Å². The summed E-state index contributed by atoms with van der Waals surface area (Å²) in [6.45, 7) is 6.55. The van der Waals surface area contributed by atoms with Gasteiger partial charge in [-0.2, -0.15) is 0 Å². The number of nitrogens with zero attached hydrogens (tertiary/aromatic N) is 1. The summed E-state index contributed by atoms with van der Waals surface area (Å²) in [6, 6.07) is 7.65. The van der Waals surface area contributed by atoms with E-state index in [0.717, 1.165) is 19.0 Å². The summed E-state index contributed by atoms with van der Waals surface area (Å²) in [4.78, 5) is 2.08. The van der Waals surface area contributed by atoms with Crippen molar-refractivity contribution in [3.8, 4) is 0 Å². The van der Waals surface area contributed by atoms with Crippen molar-refractivity contribution in [3.05, 3.63) is 30.1 Å². The molecule has 1 aliphatic carbocycles. The standard InChI is InChI=1S/C18H29FN2/c1-4-11-20-17-10-9-14(2)12-15(17)13-21(3)18-8-6-5-7-16(18)19/h5-8,14-15,17,20H,4,9-13H2,1-3H3. The molecular weight excluding hydrogens is 263 g/mol. The fourth-order valence-corrected chi connectivity index (χ4v) is 3.51. The van der Waals surface area contributed by atoms with E-state index in [0.29, 0.717) is 17.6 Å².